The summed E-state index contributed by atoms with van der Waals surface area (Å²) in [5.74, 6) is -0.745. The maximum Gasteiger partial charge on any atom is 0.338 e. The van der Waals surface area contributed by atoms with Crippen molar-refractivity contribution in [2.24, 2.45) is 0 Å². The van der Waals surface area contributed by atoms with Gasteiger partial charge in [-0.2, -0.15) is 5.26 Å². The topological polar surface area (TPSA) is 79.6 Å². The zero-order chi connectivity index (χ0) is 22.8. The summed E-state index contributed by atoms with van der Waals surface area (Å²) >= 11 is 0. The first-order chi connectivity index (χ1) is 15.6. The predicted molar refractivity (Wildman–Crippen MR) is 122 cm³/mol. The molecule has 5 nitrogen and oxygen atoms in total. The summed E-state index contributed by atoms with van der Waals surface area (Å²) in [5, 5.41) is 19.5. The van der Waals surface area contributed by atoms with Gasteiger partial charge in [0.15, 0.2) is 6.29 Å². The number of carbonyl (C=O) groups excluding carboxylic acids is 1. The highest BCUT2D eigenvalue weighted by molar-refractivity contribution is 5.89. The van der Waals surface area contributed by atoms with Gasteiger partial charge in [-0.05, 0) is 54.7 Å². The van der Waals surface area contributed by atoms with E-state index in [2.05, 4.69) is 6.07 Å². The minimum atomic E-state index is -1.02. The molecule has 32 heavy (non-hydrogen) atoms. The quantitative estimate of drug-likeness (QED) is 0.368. The van der Waals surface area contributed by atoms with E-state index in [4.69, 9.17) is 14.7 Å². The molecular weight excluding hydrogens is 402 g/mol. The second-order valence-electron chi connectivity index (χ2n) is 7.62. The van der Waals surface area contributed by atoms with Crippen LogP contribution in [0.4, 0.5) is 0 Å². The molecule has 3 atom stereocenters. The van der Waals surface area contributed by atoms with E-state index in [1.54, 1.807) is 36.4 Å². The average molecular weight is 430 g/mol. The number of hydrogen-bond donors (Lipinski definition) is 1. The Morgan fingerprint density at radius 3 is 2.19 bits per heavy atom. The van der Waals surface area contributed by atoms with Crippen LogP contribution in [0, 0.1) is 11.3 Å². The number of aryl methyl sites for hydroxylation is 1. The highest BCUT2D eigenvalue weighted by Crippen LogP contribution is 2.29. The monoisotopic (exact) mass is 429 g/mol. The minimum Gasteiger partial charge on any atom is -0.459 e. The Morgan fingerprint density at radius 2 is 1.59 bits per heavy atom. The van der Waals surface area contributed by atoms with Crippen LogP contribution < -0.4 is 0 Å². The molecule has 0 aliphatic heterocycles. The number of hydrogen-bond acceptors (Lipinski definition) is 5. The van der Waals surface area contributed by atoms with Gasteiger partial charge in [0.1, 0.15) is 6.10 Å². The van der Waals surface area contributed by atoms with Crippen molar-refractivity contribution >= 4 is 5.97 Å². The second-order valence-corrected chi connectivity index (χ2v) is 7.62. The zero-order valence-electron chi connectivity index (χ0n) is 18.1. The molecule has 0 amide bonds. The molecular formula is C27H27NO4. The molecule has 5 heteroatoms. The standard InChI is InChI=1S/C27H27NO4/c1-31-27(30)25(22-8-4-2-5-9-22)18-24(32-26(29)23-10-6-3-7-11-23)17-16-20-12-14-21(19-28)15-13-20/h2-15,24-25,27,30H,16-18H2,1H3. The maximum absolute atomic E-state index is 12.8. The van der Waals surface area contributed by atoms with Crippen LogP contribution in [0.5, 0.6) is 0 Å². The van der Waals surface area contributed by atoms with E-state index in [1.165, 1.54) is 7.11 Å². The average Bonchev–Trinajstić information content (AvgIpc) is 2.86. The molecule has 3 rings (SSSR count). The van der Waals surface area contributed by atoms with E-state index in [9.17, 15) is 9.90 Å². The van der Waals surface area contributed by atoms with Gasteiger partial charge in [-0.25, -0.2) is 4.79 Å². The number of ether oxygens (including phenoxy) is 2. The fourth-order valence-corrected chi connectivity index (χ4v) is 3.66. The van der Waals surface area contributed by atoms with Crippen molar-refractivity contribution in [3.05, 3.63) is 107 Å². The van der Waals surface area contributed by atoms with Gasteiger partial charge < -0.3 is 14.6 Å². The number of benzene rings is 3. The van der Waals surface area contributed by atoms with E-state index in [0.717, 1.165) is 11.1 Å². The number of rotatable bonds is 10. The summed E-state index contributed by atoms with van der Waals surface area (Å²) in [7, 11) is 1.46. The van der Waals surface area contributed by atoms with Gasteiger partial charge in [0.05, 0.1) is 17.2 Å². The smallest absolute Gasteiger partial charge is 0.338 e. The highest BCUT2D eigenvalue weighted by Gasteiger charge is 2.27. The van der Waals surface area contributed by atoms with Crippen LogP contribution in [0.25, 0.3) is 0 Å². The molecule has 0 aromatic heterocycles. The molecule has 0 fully saturated rings. The van der Waals surface area contributed by atoms with Crippen LogP contribution in [0.2, 0.25) is 0 Å². The fraction of sp³-hybridized carbons (Fsp3) is 0.259. The highest BCUT2D eigenvalue weighted by atomic mass is 16.6. The molecule has 0 spiro atoms. The maximum atomic E-state index is 12.8. The van der Waals surface area contributed by atoms with Gasteiger partial charge in [0.25, 0.3) is 0 Å². The molecule has 164 valence electrons. The van der Waals surface area contributed by atoms with Gasteiger partial charge in [-0.3, -0.25) is 0 Å². The van der Waals surface area contributed by atoms with Crippen LogP contribution in [-0.2, 0) is 15.9 Å². The first-order valence-electron chi connectivity index (χ1n) is 10.6. The summed E-state index contributed by atoms with van der Waals surface area (Å²) in [6, 6.07) is 28.0. The molecule has 0 heterocycles. The van der Waals surface area contributed by atoms with Crippen LogP contribution in [0.3, 0.4) is 0 Å². The number of nitrogens with zero attached hydrogens (tertiary/aromatic N) is 1. The van der Waals surface area contributed by atoms with Gasteiger partial charge >= 0.3 is 5.97 Å². The fourth-order valence-electron chi connectivity index (χ4n) is 3.66. The van der Waals surface area contributed by atoms with Crippen molar-refractivity contribution in [3.63, 3.8) is 0 Å². The number of methoxy groups -OCH3 is 1. The third-order valence-corrected chi connectivity index (χ3v) is 5.45. The van der Waals surface area contributed by atoms with Crippen molar-refractivity contribution in [2.45, 2.75) is 37.6 Å². The van der Waals surface area contributed by atoms with Crippen molar-refractivity contribution in [2.75, 3.05) is 7.11 Å². The summed E-state index contributed by atoms with van der Waals surface area (Å²) in [5.41, 5.74) is 3.06. The Kier molecular flexibility index (Phi) is 8.56. The van der Waals surface area contributed by atoms with Crippen molar-refractivity contribution in [1.82, 2.24) is 0 Å². The van der Waals surface area contributed by atoms with E-state index >= 15 is 0 Å². The third kappa shape index (κ3) is 6.52. The third-order valence-electron chi connectivity index (χ3n) is 5.45. The van der Waals surface area contributed by atoms with E-state index in [0.29, 0.717) is 30.4 Å². The van der Waals surface area contributed by atoms with Gasteiger partial charge in [-0.1, -0.05) is 60.7 Å². The Bertz CT molecular complexity index is 1010. The SMILES string of the molecule is COC(O)C(CC(CCc1ccc(C#N)cc1)OC(=O)c1ccccc1)c1ccccc1. The van der Waals surface area contributed by atoms with Crippen molar-refractivity contribution in [1.29, 1.82) is 5.26 Å². The lowest BCUT2D eigenvalue weighted by atomic mass is 9.90. The predicted octanol–water partition coefficient (Wildman–Crippen LogP) is 4.86. The number of aliphatic hydroxyl groups excluding tert-OH is 1. The van der Waals surface area contributed by atoms with Gasteiger partial charge in [0.2, 0.25) is 0 Å². The molecule has 0 saturated heterocycles. The first kappa shape index (κ1) is 23.2. The number of carbonyl (C=O) groups is 1. The normalized spacial score (nSPS) is 13.5. The molecule has 0 saturated carbocycles. The summed E-state index contributed by atoms with van der Waals surface area (Å²) < 4.78 is 11.1. The molecule has 3 aromatic rings. The lowest BCUT2D eigenvalue weighted by Crippen LogP contribution is -2.28. The molecule has 1 N–H and O–H groups in total. The number of nitriles is 1. The van der Waals surface area contributed by atoms with E-state index in [-0.39, 0.29) is 5.92 Å². The molecule has 3 unspecified atom stereocenters. The Labute approximate surface area is 188 Å². The van der Waals surface area contributed by atoms with Gasteiger partial charge in [0, 0.05) is 13.0 Å². The van der Waals surface area contributed by atoms with Crippen LogP contribution in [0.1, 0.15) is 45.8 Å². The van der Waals surface area contributed by atoms with Crippen LogP contribution in [-0.4, -0.2) is 30.6 Å². The molecule has 0 bridgehead atoms. The molecule has 0 aliphatic carbocycles. The molecule has 0 radical (unpaired) electrons. The lowest BCUT2D eigenvalue weighted by Gasteiger charge is -2.27. The number of aliphatic hydroxyl groups is 1. The van der Waals surface area contributed by atoms with E-state index < -0.39 is 18.4 Å². The summed E-state index contributed by atoms with van der Waals surface area (Å²) in [6.45, 7) is 0. The Balaban J connectivity index is 1.79. The lowest BCUT2D eigenvalue weighted by molar-refractivity contribution is -0.0997. The first-order valence-corrected chi connectivity index (χ1v) is 10.6. The minimum absolute atomic E-state index is 0.351. The Morgan fingerprint density at radius 1 is 0.969 bits per heavy atom. The van der Waals surface area contributed by atoms with E-state index in [1.807, 2.05) is 48.5 Å². The van der Waals surface area contributed by atoms with Crippen LogP contribution in [0.15, 0.2) is 84.9 Å². The van der Waals surface area contributed by atoms with Gasteiger partial charge in [-0.15, -0.1) is 0 Å². The zero-order valence-corrected chi connectivity index (χ0v) is 18.1. The second kappa shape index (κ2) is 11.8. The Hall–Kier alpha value is -3.46. The van der Waals surface area contributed by atoms with Crippen molar-refractivity contribution in [3.8, 4) is 6.07 Å². The number of esters is 1. The summed E-state index contributed by atoms with van der Waals surface area (Å²) in [6.07, 6.45) is 0.194. The molecule has 0 aliphatic rings. The largest absolute Gasteiger partial charge is 0.459 e. The van der Waals surface area contributed by atoms with Crippen molar-refractivity contribution < 1.29 is 19.4 Å². The molecule has 3 aromatic carbocycles. The summed E-state index contributed by atoms with van der Waals surface area (Å²) in [4.78, 5) is 12.8. The van der Waals surface area contributed by atoms with Crippen LogP contribution >= 0.6 is 0 Å².